The normalized spacial score (nSPS) is 26.2. The number of nitrogens with zero attached hydrogens (tertiary/aromatic N) is 1. The van der Waals surface area contributed by atoms with Crippen LogP contribution in [0.3, 0.4) is 0 Å². The topological polar surface area (TPSA) is 49.8 Å². The summed E-state index contributed by atoms with van der Waals surface area (Å²) in [5.41, 5.74) is 1.65. The minimum absolute atomic E-state index is 0.0753. The number of likely N-dealkylation sites (N-methyl/N-ethyl adjacent to an activating group) is 1. The maximum Gasteiger partial charge on any atom is 0.316 e. The van der Waals surface area contributed by atoms with Crippen LogP contribution in [0, 0.1) is 5.41 Å². The Morgan fingerprint density at radius 3 is 2.78 bits per heavy atom. The summed E-state index contributed by atoms with van der Waals surface area (Å²) in [7, 11) is 2.00. The number of benzene rings is 1. The molecule has 2 aliphatic rings. The summed E-state index contributed by atoms with van der Waals surface area (Å²) < 4.78 is 5.21. The second kappa shape index (κ2) is 4.07. The zero-order valence-corrected chi connectivity index (χ0v) is 10.4. The van der Waals surface area contributed by atoms with Crippen LogP contribution in [0.4, 0.5) is 0 Å². The van der Waals surface area contributed by atoms with Gasteiger partial charge in [-0.25, -0.2) is 0 Å². The third-order valence-corrected chi connectivity index (χ3v) is 4.19. The molecular weight excluding hydrogens is 230 g/mol. The van der Waals surface area contributed by atoms with E-state index in [0.29, 0.717) is 13.2 Å². The van der Waals surface area contributed by atoms with Gasteiger partial charge in [0.15, 0.2) is 0 Å². The SMILES string of the molecule is CN1CCc2ccccc2C1C1(C(=O)O)COC1. The average molecular weight is 247 g/mol. The first-order valence-electron chi connectivity index (χ1n) is 6.24. The highest BCUT2D eigenvalue weighted by atomic mass is 16.5. The smallest absolute Gasteiger partial charge is 0.316 e. The van der Waals surface area contributed by atoms with E-state index in [1.54, 1.807) is 0 Å². The fourth-order valence-corrected chi connectivity index (χ4v) is 3.13. The van der Waals surface area contributed by atoms with E-state index in [2.05, 4.69) is 17.0 Å². The molecule has 0 saturated carbocycles. The van der Waals surface area contributed by atoms with Gasteiger partial charge in [-0.1, -0.05) is 24.3 Å². The Kier molecular flexibility index (Phi) is 2.64. The lowest BCUT2D eigenvalue weighted by atomic mass is 9.72. The van der Waals surface area contributed by atoms with Crippen molar-refractivity contribution in [3.8, 4) is 0 Å². The van der Waals surface area contributed by atoms with E-state index >= 15 is 0 Å². The number of ether oxygens (including phenoxy) is 1. The first kappa shape index (κ1) is 11.7. The fourth-order valence-electron chi connectivity index (χ4n) is 3.13. The van der Waals surface area contributed by atoms with Crippen LogP contribution >= 0.6 is 0 Å². The largest absolute Gasteiger partial charge is 0.481 e. The molecule has 1 unspecified atom stereocenters. The van der Waals surface area contributed by atoms with Gasteiger partial charge in [0.05, 0.1) is 19.3 Å². The lowest BCUT2D eigenvalue weighted by Gasteiger charge is -2.49. The lowest BCUT2D eigenvalue weighted by molar-refractivity contribution is -0.195. The molecule has 0 aliphatic carbocycles. The number of fused-ring (bicyclic) bond motifs is 1. The Labute approximate surface area is 106 Å². The molecule has 96 valence electrons. The van der Waals surface area contributed by atoms with E-state index < -0.39 is 11.4 Å². The summed E-state index contributed by atoms with van der Waals surface area (Å²) in [6.45, 7) is 1.52. The van der Waals surface area contributed by atoms with Gasteiger partial charge in [-0.05, 0) is 24.6 Å². The summed E-state index contributed by atoms with van der Waals surface area (Å²) in [5.74, 6) is -0.748. The van der Waals surface area contributed by atoms with Crippen molar-refractivity contribution in [1.82, 2.24) is 4.90 Å². The maximum absolute atomic E-state index is 11.7. The van der Waals surface area contributed by atoms with E-state index in [-0.39, 0.29) is 6.04 Å². The van der Waals surface area contributed by atoms with E-state index in [4.69, 9.17) is 4.74 Å². The minimum atomic E-state index is -0.773. The van der Waals surface area contributed by atoms with E-state index in [1.807, 2.05) is 19.2 Å². The molecule has 2 aliphatic heterocycles. The van der Waals surface area contributed by atoms with Gasteiger partial charge in [-0.2, -0.15) is 0 Å². The molecule has 0 radical (unpaired) electrons. The van der Waals surface area contributed by atoms with Gasteiger partial charge in [0.25, 0.3) is 0 Å². The number of rotatable bonds is 2. The van der Waals surface area contributed by atoms with Gasteiger partial charge >= 0.3 is 5.97 Å². The highest BCUT2D eigenvalue weighted by molar-refractivity contribution is 5.77. The molecule has 1 N–H and O–H groups in total. The van der Waals surface area contributed by atoms with Crippen molar-refractivity contribution in [1.29, 1.82) is 0 Å². The van der Waals surface area contributed by atoms with Crippen molar-refractivity contribution in [2.24, 2.45) is 5.41 Å². The van der Waals surface area contributed by atoms with Crippen LogP contribution < -0.4 is 0 Å². The summed E-state index contributed by atoms with van der Waals surface area (Å²) in [4.78, 5) is 13.8. The number of hydrogen-bond acceptors (Lipinski definition) is 3. The third-order valence-electron chi connectivity index (χ3n) is 4.19. The van der Waals surface area contributed by atoms with Crippen LogP contribution in [0.1, 0.15) is 17.2 Å². The standard InChI is InChI=1S/C14H17NO3/c1-15-7-6-10-4-2-3-5-11(10)12(15)14(13(16)17)8-18-9-14/h2-5,12H,6-9H2,1H3,(H,16,17). The fraction of sp³-hybridized carbons (Fsp3) is 0.500. The lowest BCUT2D eigenvalue weighted by Crippen LogP contribution is -2.58. The Morgan fingerprint density at radius 2 is 2.17 bits per heavy atom. The van der Waals surface area contributed by atoms with Crippen LogP contribution in [0.5, 0.6) is 0 Å². The van der Waals surface area contributed by atoms with Crippen LogP contribution in [0.2, 0.25) is 0 Å². The Bertz CT molecular complexity index is 482. The number of aliphatic carboxylic acids is 1. The second-order valence-electron chi connectivity index (χ2n) is 5.29. The van der Waals surface area contributed by atoms with E-state index in [9.17, 15) is 9.90 Å². The van der Waals surface area contributed by atoms with Gasteiger partial charge in [-0.15, -0.1) is 0 Å². The zero-order chi connectivity index (χ0) is 12.8. The molecular formula is C14H17NO3. The van der Waals surface area contributed by atoms with E-state index in [1.165, 1.54) is 5.56 Å². The molecule has 1 atom stereocenters. The molecule has 1 fully saturated rings. The molecule has 18 heavy (non-hydrogen) atoms. The predicted molar refractivity (Wildman–Crippen MR) is 66.4 cm³/mol. The van der Waals surface area contributed by atoms with Crippen molar-refractivity contribution >= 4 is 5.97 Å². The summed E-state index contributed by atoms with van der Waals surface area (Å²) in [6.07, 6.45) is 0.986. The van der Waals surface area contributed by atoms with Crippen LogP contribution in [0.25, 0.3) is 0 Å². The quantitative estimate of drug-likeness (QED) is 0.856. The molecule has 0 spiro atoms. The number of hydrogen-bond donors (Lipinski definition) is 1. The second-order valence-corrected chi connectivity index (χ2v) is 5.29. The monoisotopic (exact) mass is 247 g/mol. The van der Waals surface area contributed by atoms with Crippen molar-refractivity contribution in [2.75, 3.05) is 26.8 Å². The first-order valence-corrected chi connectivity index (χ1v) is 6.24. The molecule has 0 amide bonds. The molecule has 4 heteroatoms. The van der Waals surface area contributed by atoms with Crippen molar-refractivity contribution in [3.05, 3.63) is 35.4 Å². The predicted octanol–water partition coefficient (Wildman–Crippen LogP) is 1.32. The highest BCUT2D eigenvalue weighted by Crippen LogP contribution is 2.46. The molecule has 0 bridgehead atoms. The van der Waals surface area contributed by atoms with Gasteiger partial charge in [0.2, 0.25) is 0 Å². The van der Waals surface area contributed by atoms with Crippen LogP contribution in [0.15, 0.2) is 24.3 Å². The van der Waals surface area contributed by atoms with E-state index in [0.717, 1.165) is 18.5 Å². The molecule has 1 aromatic rings. The Morgan fingerprint density at radius 1 is 1.44 bits per heavy atom. The molecule has 1 saturated heterocycles. The molecule has 4 nitrogen and oxygen atoms in total. The average Bonchev–Trinajstić information content (AvgIpc) is 2.30. The summed E-state index contributed by atoms with van der Waals surface area (Å²) >= 11 is 0. The summed E-state index contributed by atoms with van der Waals surface area (Å²) in [5, 5.41) is 9.57. The number of carbonyl (C=O) groups is 1. The van der Waals surface area contributed by atoms with Crippen molar-refractivity contribution in [2.45, 2.75) is 12.5 Å². The number of carboxylic acid groups (broad SMARTS) is 1. The molecule has 2 heterocycles. The molecule has 1 aromatic carbocycles. The van der Waals surface area contributed by atoms with Gasteiger partial charge in [0, 0.05) is 6.54 Å². The van der Waals surface area contributed by atoms with Crippen LogP contribution in [-0.4, -0.2) is 42.8 Å². The summed E-state index contributed by atoms with van der Waals surface area (Å²) in [6, 6.07) is 8.09. The van der Waals surface area contributed by atoms with Crippen LogP contribution in [-0.2, 0) is 16.0 Å². The molecule has 0 aromatic heterocycles. The Hall–Kier alpha value is -1.39. The Balaban J connectivity index is 2.08. The van der Waals surface area contributed by atoms with Gasteiger partial charge < -0.3 is 9.84 Å². The maximum atomic E-state index is 11.7. The van der Waals surface area contributed by atoms with Gasteiger partial charge in [0.1, 0.15) is 5.41 Å². The van der Waals surface area contributed by atoms with Gasteiger partial charge in [-0.3, -0.25) is 9.69 Å². The first-order chi connectivity index (χ1) is 8.65. The molecule has 3 rings (SSSR count). The van der Waals surface area contributed by atoms with Crippen molar-refractivity contribution in [3.63, 3.8) is 0 Å². The number of carboxylic acids is 1. The minimum Gasteiger partial charge on any atom is -0.481 e. The highest BCUT2D eigenvalue weighted by Gasteiger charge is 2.55. The zero-order valence-electron chi connectivity index (χ0n) is 10.4. The third kappa shape index (κ3) is 1.49. The van der Waals surface area contributed by atoms with Crippen molar-refractivity contribution < 1.29 is 14.6 Å².